The summed E-state index contributed by atoms with van der Waals surface area (Å²) in [6.45, 7) is 8.21. The van der Waals surface area contributed by atoms with Gasteiger partial charge in [-0.3, -0.25) is 0 Å². The normalized spacial score (nSPS) is 19.2. The first-order chi connectivity index (χ1) is 10.5. The van der Waals surface area contributed by atoms with Crippen LogP contribution in [0.4, 0.5) is 4.79 Å². The van der Waals surface area contributed by atoms with Crippen LogP contribution >= 0.6 is 0 Å². The molecule has 1 fully saturated rings. The summed E-state index contributed by atoms with van der Waals surface area (Å²) in [7, 11) is 0. The van der Waals surface area contributed by atoms with Crippen LogP contribution in [-0.4, -0.2) is 52.2 Å². The van der Waals surface area contributed by atoms with Gasteiger partial charge in [-0.2, -0.15) is 0 Å². The van der Waals surface area contributed by atoms with Gasteiger partial charge in [-0.25, -0.2) is 9.78 Å². The molecule has 6 heteroatoms. The second kappa shape index (κ2) is 7.63. The van der Waals surface area contributed by atoms with Crippen molar-refractivity contribution in [2.75, 3.05) is 19.6 Å². The third kappa shape index (κ3) is 5.33. The first-order valence-electron chi connectivity index (χ1n) is 8.13. The highest BCUT2D eigenvalue weighted by molar-refractivity contribution is 5.68. The number of rotatable bonds is 5. The number of hydrogen-bond acceptors (Lipinski definition) is 4. The van der Waals surface area contributed by atoms with E-state index in [2.05, 4.69) is 15.3 Å². The highest BCUT2D eigenvalue weighted by atomic mass is 16.6. The highest BCUT2D eigenvalue weighted by Gasteiger charge is 2.29. The fourth-order valence-electron chi connectivity index (χ4n) is 2.69. The number of amides is 1. The standard InChI is InChI=1S/C16H28N4O2/c1-16(2,3)22-15(21)20-9-5-4-6-14(20)11-17-8-7-13-10-18-12-19-13/h10,12,14,17H,4-9,11H2,1-3H3,(H,18,19). The molecule has 1 aromatic heterocycles. The van der Waals surface area contributed by atoms with Crippen LogP contribution in [0.2, 0.25) is 0 Å². The van der Waals surface area contributed by atoms with Crippen molar-refractivity contribution < 1.29 is 9.53 Å². The van der Waals surface area contributed by atoms with E-state index in [0.717, 1.165) is 44.6 Å². The molecule has 2 N–H and O–H groups in total. The number of nitrogens with one attached hydrogen (secondary N) is 2. The maximum atomic E-state index is 12.3. The molecule has 0 radical (unpaired) electrons. The number of H-pyrrole nitrogens is 1. The number of likely N-dealkylation sites (tertiary alicyclic amines) is 1. The molecule has 1 atom stereocenters. The van der Waals surface area contributed by atoms with Crippen molar-refractivity contribution in [1.29, 1.82) is 0 Å². The topological polar surface area (TPSA) is 70.2 Å². The molecule has 6 nitrogen and oxygen atoms in total. The molecule has 1 aliphatic heterocycles. The number of carbonyl (C=O) groups excluding carboxylic acids is 1. The number of aromatic nitrogens is 2. The smallest absolute Gasteiger partial charge is 0.410 e. The Morgan fingerprint density at radius 2 is 2.32 bits per heavy atom. The van der Waals surface area contributed by atoms with E-state index in [4.69, 9.17) is 4.74 Å². The lowest BCUT2D eigenvalue weighted by Gasteiger charge is -2.36. The average molecular weight is 308 g/mol. The summed E-state index contributed by atoms with van der Waals surface area (Å²) >= 11 is 0. The molecule has 1 amide bonds. The first kappa shape index (κ1) is 16.8. The molecular weight excluding hydrogens is 280 g/mol. The lowest BCUT2D eigenvalue weighted by Crippen LogP contribution is -2.50. The Morgan fingerprint density at radius 3 is 3.00 bits per heavy atom. The van der Waals surface area contributed by atoms with Crippen LogP contribution in [0.15, 0.2) is 12.5 Å². The SMILES string of the molecule is CC(C)(C)OC(=O)N1CCCCC1CNCCc1cnc[nH]1. The Labute approximate surface area is 132 Å². The Kier molecular flexibility index (Phi) is 5.83. The lowest BCUT2D eigenvalue weighted by atomic mass is 10.0. The number of carbonyl (C=O) groups is 1. The van der Waals surface area contributed by atoms with Gasteiger partial charge in [0.25, 0.3) is 0 Å². The van der Waals surface area contributed by atoms with Gasteiger partial charge in [-0.1, -0.05) is 0 Å². The van der Waals surface area contributed by atoms with Crippen molar-refractivity contribution >= 4 is 6.09 Å². The zero-order valence-electron chi connectivity index (χ0n) is 13.9. The summed E-state index contributed by atoms with van der Waals surface area (Å²) in [5.74, 6) is 0. The molecule has 124 valence electrons. The minimum atomic E-state index is -0.437. The predicted molar refractivity (Wildman–Crippen MR) is 85.7 cm³/mol. The summed E-state index contributed by atoms with van der Waals surface area (Å²) < 4.78 is 5.52. The zero-order chi connectivity index (χ0) is 16.0. The molecule has 22 heavy (non-hydrogen) atoms. The zero-order valence-corrected chi connectivity index (χ0v) is 13.9. The number of imidazole rings is 1. The van der Waals surface area contributed by atoms with Crippen molar-refractivity contribution in [3.63, 3.8) is 0 Å². The minimum absolute atomic E-state index is 0.187. The molecular formula is C16H28N4O2. The molecule has 0 spiro atoms. The van der Waals surface area contributed by atoms with Crippen molar-refractivity contribution in [3.05, 3.63) is 18.2 Å². The predicted octanol–water partition coefficient (Wildman–Crippen LogP) is 2.33. The van der Waals surface area contributed by atoms with Crippen LogP contribution in [0.3, 0.4) is 0 Å². The average Bonchev–Trinajstić information content (AvgIpc) is 2.95. The Hall–Kier alpha value is -1.56. The number of nitrogens with zero attached hydrogens (tertiary/aromatic N) is 2. The Bertz CT molecular complexity index is 453. The summed E-state index contributed by atoms with van der Waals surface area (Å²) in [6, 6.07) is 0.227. The van der Waals surface area contributed by atoms with Crippen molar-refractivity contribution in [3.8, 4) is 0 Å². The number of ether oxygens (including phenoxy) is 1. The summed E-state index contributed by atoms with van der Waals surface area (Å²) in [6.07, 6.45) is 7.54. The first-order valence-corrected chi connectivity index (χ1v) is 8.13. The maximum Gasteiger partial charge on any atom is 0.410 e. The van der Waals surface area contributed by atoms with Crippen molar-refractivity contribution in [2.24, 2.45) is 0 Å². The minimum Gasteiger partial charge on any atom is -0.444 e. The second-order valence-corrected chi connectivity index (χ2v) is 6.85. The van der Waals surface area contributed by atoms with Crippen LogP contribution in [-0.2, 0) is 11.2 Å². The molecule has 0 bridgehead atoms. The molecule has 0 aliphatic carbocycles. The molecule has 1 aromatic rings. The van der Waals surface area contributed by atoms with Gasteiger partial charge in [0.05, 0.1) is 6.33 Å². The van der Waals surface area contributed by atoms with Gasteiger partial charge in [0.2, 0.25) is 0 Å². The van der Waals surface area contributed by atoms with Crippen molar-refractivity contribution in [1.82, 2.24) is 20.2 Å². The molecule has 2 heterocycles. The molecule has 0 aromatic carbocycles. The largest absolute Gasteiger partial charge is 0.444 e. The van der Waals surface area contributed by atoms with E-state index in [-0.39, 0.29) is 12.1 Å². The van der Waals surface area contributed by atoms with Crippen LogP contribution in [0, 0.1) is 0 Å². The van der Waals surface area contributed by atoms with Gasteiger partial charge in [-0.05, 0) is 40.0 Å². The van der Waals surface area contributed by atoms with Gasteiger partial charge in [0.15, 0.2) is 0 Å². The van der Waals surface area contributed by atoms with Crippen LogP contribution in [0.25, 0.3) is 0 Å². The van der Waals surface area contributed by atoms with Crippen molar-refractivity contribution in [2.45, 2.75) is 58.1 Å². The van der Waals surface area contributed by atoms with Crippen LogP contribution in [0.1, 0.15) is 45.7 Å². The van der Waals surface area contributed by atoms with E-state index in [9.17, 15) is 4.79 Å². The fraction of sp³-hybridized carbons (Fsp3) is 0.750. The molecule has 1 unspecified atom stereocenters. The molecule has 2 rings (SSSR count). The third-order valence-corrected chi connectivity index (χ3v) is 3.76. The third-order valence-electron chi connectivity index (χ3n) is 3.76. The van der Waals surface area contributed by atoms with E-state index in [1.165, 1.54) is 6.42 Å². The fourth-order valence-corrected chi connectivity index (χ4v) is 2.69. The lowest BCUT2D eigenvalue weighted by molar-refractivity contribution is 0.00999. The molecule has 1 saturated heterocycles. The van der Waals surface area contributed by atoms with E-state index in [1.807, 2.05) is 31.9 Å². The molecule has 1 aliphatic rings. The number of hydrogen-bond donors (Lipinski definition) is 2. The summed E-state index contributed by atoms with van der Waals surface area (Å²) in [4.78, 5) is 21.3. The molecule has 0 saturated carbocycles. The second-order valence-electron chi connectivity index (χ2n) is 6.85. The van der Waals surface area contributed by atoms with Gasteiger partial charge < -0.3 is 19.9 Å². The van der Waals surface area contributed by atoms with Gasteiger partial charge in [-0.15, -0.1) is 0 Å². The number of aromatic amines is 1. The number of piperidine rings is 1. The summed E-state index contributed by atoms with van der Waals surface area (Å²) in [5.41, 5.74) is 0.688. The summed E-state index contributed by atoms with van der Waals surface area (Å²) in [5, 5.41) is 3.44. The van der Waals surface area contributed by atoms with Crippen LogP contribution < -0.4 is 5.32 Å². The van der Waals surface area contributed by atoms with E-state index in [0.29, 0.717) is 0 Å². The Balaban J connectivity index is 1.77. The monoisotopic (exact) mass is 308 g/mol. The van der Waals surface area contributed by atoms with E-state index < -0.39 is 5.60 Å². The van der Waals surface area contributed by atoms with E-state index >= 15 is 0 Å². The van der Waals surface area contributed by atoms with Gasteiger partial charge in [0, 0.05) is 44.0 Å². The quantitative estimate of drug-likeness (QED) is 0.819. The van der Waals surface area contributed by atoms with Crippen LogP contribution in [0.5, 0.6) is 0 Å². The van der Waals surface area contributed by atoms with Gasteiger partial charge in [0.1, 0.15) is 5.60 Å². The Morgan fingerprint density at radius 1 is 1.50 bits per heavy atom. The van der Waals surface area contributed by atoms with Gasteiger partial charge >= 0.3 is 6.09 Å². The van der Waals surface area contributed by atoms with E-state index in [1.54, 1.807) is 6.33 Å². The maximum absolute atomic E-state index is 12.3. The highest BCUT2D eigenvalue weighted by Crippen LogP contribution is 2.20.